The van der Waals surface area contributed by atoms with Crippen LogP contribution >= 0.6 is 0 Å². The summed E-state index contributed by atoms with van der Waals surface area (Å²) in [5, 5.41) is 0. The van der Waals surface area contributed by atoms with Gasteiger partial charge in [-0.15, -0.1) is 0 Å². The van der Waals surface area contributed by atoms with Crippen molar-refractivity contribution in [2.24, 2.45) is 0 Å². The fourth-order valence-electron chi connectivity index (χ4n) is 2.68. The highest BCUT2D eigenvalue weighted by molar-refractivity contribution is 5.78. The summed E-state index contributed by atoms with van der Waals surface area (Å²) in [6, 6.07) is 5.84. The van der Waals surface area contributed by atoms with Crippen LogP contribution in [0.5, 0.6) is 5.75 Å². The van der Waals surface area contributed by atoms with Crippen molar-refractivity contribution < 1.29 is 14.3 Å². The SMILES string of the molecule is CCC(=O)N1CCCN(C(=O)COc2ccc(C)c(C)c2)CC1. The number of amides is 2. The zero-order chi connectivity index (χ0) is 16.8. The van der Waals surface area contributed by atoms with Crippen LogP contribution in [0.2, 0.25) is 0 Å². The molecule has 0 bridgehead atoms. The van der Waals surface area contributed by atoms with Gasteiger partial charge in [0.1, 0.15) is 5.75 Å². The maximum Gasteiger partial charge on any atom is 0.260 e. The number of hydrogen-bond donors (Lipinski definition) is 0. The molecule has 1 aliphatic rings. The second-order valence-corrected chi connectivity index (χ2v) is 6.00. The molecule has 1 saturated heterocycles. The number of carbonyl (C=O) groups excluding carboxylic acids is 2. The Hall–Kier alpha value is -2.04. The fourth-order valence-corrected chi connectivity index (χ4v) is 2.68. The van der Waals surface area contributed by atoms with E-state index in [0.29, 0.717) is 26.1 Å². The number of aryl methyl sites for hydroxylation is 2. The second-order valence-electron chi connectivity index (χ2n) is 6.00. The molecular formula is C18H26N2O3. The molecule has 0 N–H and O–H groups in total. The van der Waals surface area contributed by atoms with Gasteiger partial charge >= 0.3 is 0 Å². The van der Waals surface area contributed by atoms with Crippen LogP contribution in [0.15, 0.2) is 18.2 Å². The van der Waals surface area contributed by atoms with Gasteiger partial charge in [-0.05, 0) is 43.5 Å². The number of benzene rings is 1. The Labute approximate surface area is 138 Å². The minimum atomic E-state index is -0.0194. The van der Waals surface area contributed by atoms with Gasteiger partial charge in [-0.2, -0.15) is 0 Å². The van der Waals surface area contributed by atoms with E-state index in [9.17, 15) is 9.59 Å². The Bertz CT molecular complexity index is 571. The van der Waals surface area contributed by atoms with E-state index >= 15 is 0 Å². The van der Waals surface area contributed by atoms with Crippen molar-refractivity contribution >= 4 is 11.8 Å². The van der Waals surface area contributed by atoms with Crippen LogP contribution in [-0.4, -0.2) is 54.4 Å². The van der Waals surface area contributed by atoms with E-state index in [1.165, 1.54) is 5.56 Å². The highest BCUT2D eigenvalue weighted by Gasteiger charge is 2.21. The number of nitrogens with zero attached hydrogens (tertiary/aromatic N) is 2. The predicted octanol–water partition coefficient (Wildman–Crippen LogP) is 2.15. The van der Waals surface area contributed by atoms with E-state index in [1.54, 1.807) is 4.90 Å². The monoisotopic (exact) mass is 318 g/mol. The van der Waals surface area contributed by atoms with Crippen LogP contribution < -0.4 is 4.74 Å². The van der Waals surface area contributed by atoms with Gasteiger partial charge in [-0.25, -0.2) is 0 Å². The summed E-state index contributed by atoms with van der Waals surface area (Å²) in [5.74, 6) is 0.860. The molecule has 1 heterocycles. The predicted molar refractivity (Wildman–Crippen MR) is 89.5 cm³/mol. The van der Waals surface area contributed by atoms with Crippen molar-refractivity contribution in [3.8, 4) is 5.75 Å². The first-order valence-electron chi connectivity index (χ1n) is 8.27. The van der Waals surface area contributed by atoms with Crippen molar-refractivity contribution in [2.75, 3.05) is 32.8 Å². The van der Waals surface area contributed by atoms with E-state index in [-0.39, 0.29) is 18.4 Å². The summed E-state index contributed by atoms with van der Waals surface area (Å²) in [6.45, 7) is 8.60. The molecule has 0 atom stereocenters. The minimum absolute atomic E-state index is 0.0194. The molecule has 1 fully saturated rings. The molecule has 2 rings (SSSR count). The molecule has 0 unspecified atom stereocenters. The Morgan fingerprint density at radius 3 is 2.26 bits per heavy atom. The first-order valence-corrected chi connectivity index (χ1v) is 8.27. The number of carbonyl (C=O) groups is 2. The van der Waals surface area contributed by atoms with Crippen LogP contribution in [0.25, 0.3) is 0 Å². The molecule has 1 aliphatic heterocycles. The lowest BCUT2D eigenvalue weighted by Gasteiger charge is -2.22. The number of hydrogen-bond acceptors (Lipinski definition) is 3. The Morgan fingerprint density at radius 2 is 1.65 bits per heavy atom. The molecule has 23 heavy (non-hydrogen) atoms. The fraction of sp³-hybridized carbons (Fsp3) is 0.556. The molecule has 1 aromatic rings. The van der Waals surface area contributed by atoms with Gasteiger partial charge in [0.15, 0.2) is 6.61 Å². The molecule has 0 radical (unpaired) electrons. The zero-order valence-electron chi connectivity index (χ0n) is 14.3. The lowest BCUT2D eigenvalue weighted by atomic mass is 10.1. The average molecular weight is 318 g/mol. The smallest absolute Gasteiger partial charge is 0.260 e. The lowest BCUT2D eigenvalue weighted by Crippen LogP contribution is -2.39. The van der Waals surface area contributed by atoms with Crippen LogP contribution in [0, 0.1) is 13.8 Å². The lowest BCUT2D eigenvalue weighted by molar-refractivity contribution is -0.134. The quantitative estimate of drug-likeness (QED) is 0.855. The van der Waals surface area contributed by atoms with Gasteiger partial charge in [0, 0.05) is 32.6 Å². The van der Waals surface area contributed by atoms with E-state index in [1.807, 2.05) is 43.9 Å². The third-order valence-corrected chi connectivity index (χ3v) is 4.34. The van der Waals surface area contributed by atoms with E-state index in [0.717, 1.165) is 24.3 Å². The second kappa shape index (κ2) is 7.99. The van der Waals surface area contributed by atoms with Crippen molar-refractivity contribution in [3.63, 3.8) is 0 Å². The summed E-state index contributed by atoms with van der Waals surface area (Å²) in [7, 11) is 0. The molecule has 5 heteroatoms. The Morgan fingerprint density at radius 1 is 1.00 bits per heavy atom. The normalized spacial score (nSPS) is 15.3. The maximum atomic E-state index is 12.3. The first kappa shape index (κ1) is 17.3. The van der Waals surface area contributed by atoms with Crippen molar-refractivity contribution in [1.82, 2.24) is 9.80 Å². The molecule has 0 saturated carbocycles. The van der Waals surface area contributed by atoms with E-state index < -0.39 is 0 Å². The van der Waals surface area contributed by atoms with Gasteiger partial charge in [0.05, 0.1) is 0 Å². The number of ether oxygens (including phenoxy) is 1. The molecule has 0 spiro atoms. The average Bonchev–Trinajstić information content (AvgIpc) is 2.81. The van der Waals surface area contributed by atoms with Crippen molar-refractivity contribution in [3.05, 3.63) is 29.3 Å². The van der Waals surface area contributed by atoms with E-state index in [4.69, 9.17) is 4.74 Å². The van der Waals surface area contributed by atoms with Crippen LogP contribution in [-0.2, 0) is 9.59 Å². The molecule has 0 aliphatic carbocycles. The zero-order valence-corrected chi connectivity index (χ0v) is 14.3. The highest BCUT2D eigenvalue weighted by Crippen LogP contribution is 2.16. The van der Waals surface area contributed by atoms with Gasteiger partial charge in [-0.1, -0.05) is 13.0 Å². The van der Waals surface area contributed by atoms with Crippen molar-refractivity contribution in [1.29, 1.82) is 0 Å². The first-order chi connectivity index (χ1) is 11.0. The van der Waals surface area contributed by atoms with Crippen LogP contribution in [0.4, 0.5) is 0 Å². The highest BCUT2D eigenvalue weighted by atomic mass is 16.5. The topological polar surface area (TPSA) is 49.9 Å². The largest absolute Gasteiger partial charge is 0.484 e. The van der Waals surface area contributed by atoms with Crippen LogP contribution in [0.1, 0.15) is 30.9 Å². The minimum Gasteiger partial charge on any atom is -0.484 e. The van der Waals surface area contributed by atoms with E-state index in [2.05, 4.69) is 0 Å². The molecule has 2 amide bonds. The van der Waals surface area contributed by atoms with Gasteiger partial charge in [-0.3, -0.25) is 9.59 Å². The molecule has 5 nitrogen and oxygen atoms in total. The van der Waals surface area contributed by atoms with Gasteiger partial charge in [0.25, 0.3) is 5.91 Å². The molecule has 126 valence electrons. The van der Waals surface area contributed by atoms with Gasteiger partial charge in [0.2, 0.25) is 5.91 Å². The van der Waals surface area contributed by atoms with Gasteiger partial charge < -0.3 is 14.5 Å². The maximum absolute atomic E-state index is 12.3. The standard InChI is InChI=1S/C18H26N2O3/c1-4-17(21)19-8-5-9-20(11-10-19)18(22)13-23-16-7-6-14(2)15(3)12-16/h6-7,12H,4-5,8-11,13H2,1-3H3. The Kier molecular flexibility index (Phi) is 6.02. The summed E-state index contributed by atoms with van der Waals surface area (Å²) < 4.78 is 5.62. The summed E-state index contributed by atoms with van der Waals surface area (Å²) in [5.41, 5.74) is 2.36. The molecule has 0 aromatic heterocycles. The summed E-state index contributed by atoms with van der Waals surface area (Å²) in [4.78, 5) is 27.7. The third kappa shape index (κ3) is 4.71. The molecule has 1 aromatic carbocycles. The van der Waals surface area contributed by atoms with Crippen LogP contribution in [0.3, 0.4) is 0 Å². The van der Waals surface area contributed by atoms with Crippen molar-refractivity contribution in [2.45, 2.75) is 33.6 Å². The summed E-state index contributed by atoms with van der Waals surface area (Å²) in [6.07, 6.45) is 1.34. The third-order valence-electron chi connectivity index (χ3n) is 4.34. The Balaban J connectivity index is 1.85. The number of rotatable bonds is 4. The summed E-state index contributed by atoms with van der Waals surface area (Å²) >= 11 is 0. The molecular weight excluding hydrogens is 292 g/mol.